The Kier molecular flexibility index (Phi) is 6.33. The number of hydrogen-bond donors (Lipinski definition) is 1. The quantitative estimate of drug-likeness (QED) is 0.536. The highest BCUT2D eigenvalue weighted by atomic mass is 16.5. The van der Waals surface area contributed by atoms with Gasteiger partial charge in [-0.15, -0.1) is 0 Å². The van der Waals surface area contributed by atoms with Crippen molar-refractivity contribution in [3.8, 4) is 0 Å². The molecule has 0 aliphatic heterocycles. The van der Waals surface area contributed by atoms with Crippen LogP contribution in [0.15, 0.2) is 42.0 Å². The molecule has 0 heterocycles. The van der Waals surface area contributed by atoms with E-state index in [-0.39, 0.29) is 17.8 Å². The van der Waals surface area contributed by atoms with Gasteiger partial charge in [-0.25, -0.2) is 0 Å². The van der Waals surface area contributed by atoms with Gasteiger partial charge in [0.2, 0.25) is 0 Å². The first-order valence-corrected chi connectivity index (χ1v) is 11.9. The number of rotatable bonds is 6. The number of benzene rings is 1. The second kappa shape index (κ2) is 8.71. The number of esters is 1. The average Bonchev–Trinajstić information content (AvgIpc) is 3.52. The van der Waals surface area contributed by atoms with Crippen LogP contribution >= 0.6 is 0 Å². The molecular weight excluding hydrogens is 386 g/mol. The minimum Gasteiger partial charge on any atom is -0.458 e. The number of carbonyl (C=O) groups excluding carboxylic acids is 1. The lowest BCUT2D eigenvalue weighted by Gasteiger charge is -2.53. The van der Waals surface area contributed by atoms with E-state index in [4.69, 9.17) is 4.74 Å². The van der Waals surface area contributed by atoms with Crippen LogP contribution in [-0.2, 0) is 9.53 Å². The van der Waals surface area contributed by atoms with Crippen LogP contribution in [-0.4, -0.2) is 47.3 Å². The molecule has 1 N–H and O–H groups in total. The summed E-state index contributed by atoms with van der Waals surface area (Å²) in [6.07, 6.45) is 7.06. The first-order chi connectivity index (χ1) is 14.7. The zero-order valence-electron chi connectivity index (χ0n) is 19.6. The molecule has 4 rings (SSSR count). The second-order valence-electron chi connectivity index (χ2n) is 10.4. The molecule has 0 bridgehead atoms. The lowest BCUT2D eigenvalue weighted by molar-refractivity contribution is -0.148. The lowest BCUT2D eigenvalue weighted by atomic mass is 9.57. The van der Waals surface area contributed by atoms with E-state index in [2.05, 4.69) is 62.2 Å². The molecule has 1 aromatic rings. The first kappa shape index (κ1) is 22.5. The fourth-order valence-corrected chi connectivity index (χ4v) is 6.21. The van der Waals surface area contributed by atoms with Gasteiger partial charge in [-0.1, -0.05) is 50.3 Å². The smallest absolute Gasteiger partial charge is 0.303 e. The van der Waals surface area contributed by atoms with Gasteiger partial charge in [0, 0.05) is 37.8 Å². The fraction of sp³-hybridized carbons (Fsp3) is 0.630. The van der Waals surface area contributed by atoms with Crippen LogP contribution in [0.5, 0.6) is 0 Å². The van der Waals surface area contributed by atoms with E-state index in [0.29, 0.717) is 23.8 Å². The Morgan fingerprint density at radius 2 is 2.00 bits per heavy atom. The number of hydrogen-bond acceptors (Lipinski definition) is 4. The molecule has 4 heteroatoms. The van der Waals surface area contributed by atoms with Crippen LogP contribution in [0.25, 0.3) is 0 Å². The van der Waals surface area contributed by atoms with Crippen molar-refractivity contribution < 1.29 is 14.6 Å². The second-order valence-corrected chi connectivity index (χ2v) is 10.4. The van der Waals surface area contributed by atoms with Crippen molar-refractivity contribution in [2.45, 2.75) is 70.6 Å². The van der Waals surface area contributed by atoms with Gasteiger partial charge in [0.15, 0.2) is 0 Å². The van der Waals surface area contributed by atoms with Crippen LogP contribution in [0.4, 0.5) is 0 Å². The fourth-order valence-electron chi connectivity index (χ4n) is 6.21. The van der Waals surface area contributed by atoms with E-state index in [9.17, 15) is 9.90 Å². The maximum Gasteiger partial charge on any atom is 0.303 e. The summed E-state index contributed by atoms with van der Waals surface area (Å²) >= 11 is 0. The number of carbonyl (C=O) groups is 1. The summed E-state index contributed by atoms with van der Waals surface area (Å²) < 4.78 is 5.49. The predicted octanol–water partition coefficient (Wildman–Crippen LogP) is 4.60. The van der Waals surface area contributed by atoms with Crippen LogP contribution in [0.3, 0.4) is 0 Å². The Morgan fingerprint density at radius 3 is 2.68 bits per heavy atom. The standard InChI is InChI=1S/C27H38NO3/c1-17-13-24-22(12-11-19(3)27(24,30)15-26(17)31-20(4)29)18(2)16-28(5)25-14-23(25)21-9-7-6-8-10-21/h6-10,13,15,18-19,22-26,30H,11-12,14,16H2,1-5H3/t18?,19-,22+,23?,24-,25?,26-,27-/m1/s1. The Morgan fingerprint density at radius 1 is 1.29 bits per heavy atom. The van der Waals surface area contributed by atoms with Crippen molar-refractivity contribution in [1.82, 2.24) is 4.90 Å². The van der Waals surface area contributed by atoms with Crippen molar-refractivity contribution in [3.05, 3.63) is 54.0 Å². The van der Waals surface area contributed by atoms with E-state index in [0.717, 1.165) is 25.0 Å². The van der Waals surface area contributed by atoms with E-state index >= 15 is 0 Å². The highest BCUT2D eigenvalue weighted by molar-refractivity contribution is 5.66. The number of ether oxygens (including phenoxy) is 1. The van der Waals surface area contributed by atoms with E-state index in [1.807, 2.05) is 13.3 Å². The maximum absolute atomic E-state index is 11.7. The lowest BCUT2D eigenvalue weighted by Crippen LogP contribution is -2.56. The SMILES string of the molecule is CC(=O)O[C@@H]1[CH][C@@]2(O)[C@H](C)CC[C@@H](C(C)CN(C)C3CC3c3ccccc3)[C@H]2C=C1C. The molecule has 0 saturated heterocycles. The van der Waals surface area contributed by atoms with Gasteiger partial charge in [0.05, 0.1) is 5.60 Å². The van der Waals surface area contributed by atoms with Crippen LogP contribution < -0.4 is 0 Å². The van der Waals surface area contributed by atoms with Crippen LogP contribution in [0.2, 0.25) is 0 Å². The molecule has 0 amide bonds. The first-order valence-electron chi connectivity index (χ1n) is 11.9. The van der Waals surface area contributed by atoms with Crippen molar-refractivity contribution in [2.75, 3.05) is 13.6 Å². The number of likely N-dealkylation sites (N-methyl/N-ethyl adjacent to an activating group) is 1. The van der Waals surface area contributed by atoms with Gasteiger partial charge in [0.1, 0.15) is 6.10 Å². The molecule has 8 atom stereocenters. The average molecular weight is 425 g/mol. The van der Waals surface area contributed by atoms with Crippen molar-refractivity contribution >= 4 is 5.97 Å². The summed E-state index contributed by atoms with van der Waals surface area (Å²) in [7, 11) is 2.26. The molecular formula is C27H38NO3. The monoisotopic (exact) mass is 424 g/mol. The van der Waals surface area contributed by atoms with Gasteiger partial charge < -0.3 is 14.7 Å². The third kappa shape index (κ3) is 4.47. The largest absolute Gasteiger partial charge is 0.458 e. The van der Waals surface area contributed by atoms with Gasteiger partial charge in [-0.05, 0) is 62.1 Å². The predicted molar refractivity (Wildman–Crippen MR) is 123 cm³/mol. The Bertz CT molecular complexity index is 821. The summed E-state index contributed by atoms with van der Waals surface area (Å²) in [5.74, 6) is 1.48. The molecule has 0 spiro atoms. The summed E-state index contributed by atoms with van der Waals surface area (Å²) in [6.45, 7) is 8.97. The van der Waals surface area contributed by atoms with Gasteiger partial charge in [0.25, 0.3) is 0 Å². The molecule has 169 valence electrons. The number of aliphatic hydroxyl groups is 1. The Hall–Kier alpha value is -1.65. The topological polar surface area (TPSA) is 49.8 Å². The molecule has 2 saturated carbocycles. The number of nitrogens with zero attached hydrogens (tertiary/aromatic N) is 1. The zero-order chi connectivity index (χ0) is 22.3. The number of fused-ring (bicyclic) bond motifs is 1. The molecule has 3 aliphatic carbocycles. The van der Waals surface area contributed by atoms with Gasteiger partial charge in [-0.3, -0.25) is 4.79 Å². The highest BCUT2D eigenvalue weighted by Crippen LogP contribution is 2.51. The zero-order valence-corrected chi connectivity index (χ0v) is 19.6. The molecule has 2 fully saturated rings. The van der Waals surface area contributed by atoms with Crippen molar-refractivity contribution in [1.29, 1.82) is 0 Å². The summed E-state index contributed by atoms with van der Waals surface area (Å²) in [5, 5.41) is 11.7. The van der Waals surface area contributed by atoms with E-state index in [1.165, 1.54) is 18.9 Å². The van der Waals surface area contributed by atoms with Gasteiger partial charge >= 0.3 is 5.97 Å². The van der Waals surface area contributed by atoms with E-state index < -0.39 is 11.7 Å². The summed E-state index contributed by atoms with van der Waals surface area (Å²) in [6, 6.07) is 11.5. The summed E-state index contributed by atoms with van der Waals surface area (Å²) in [5.41, 5.74) is 1.57. The van der Waals surface area contributed by atoms with E-state index in [1.54, 1.807) is 0 Å². The van der Waals surface area contributed by atoms with Crippen LogP contribution in [0.1, 0.15) is 58.4 Å². The molecule has 0 aromatic heterocycles. The summed E-state index contributed by atoms with van der Waals surface area (Å²) in [4.78, 5) is 14.1. The van der Waals surface area contributed by atoms with Crippen molar-refractivity contribution in [3.63, 3.8) is 0 Å². The third-order valence-electron chi connectivity index (χ3n) is 8.18. The molecule has 1 aromatic carbocycles. The highest BCUT2D eigenvalue weighted by Gasteiger charge is 2.53. The normalized spacial score (nSPS) is 38.2. The molecule has 3 aliphatic rings. The van der Waals surface area contributed by atoms with Gasteiger partial charge in [-0.2, -0.15) is 0 Å². The maximum atomic E-state index is 11.7. The molecule has 3 unspecified atom stereocenters. The minimum absolute atomic E-state index is 0.0792. The molecule has 31 heavy (non-hydrogen) atoms. The van der Waals surface area contributed by atoms with Crippen LogP contribution in [0, 0.1) is 30.1 Å². The minimum atomic E-state index is -0.915. The Balaban J connectivity index is 1.45. The van der Waals surface area contributed by atoms with Crippen molar-refractivity contribution in [2.24, 2.45) is 23.7 Å². The molecule has 1 radical (unpaired) electrons. The Labute approximate surface area is 187 Å². The molecule has 4 nitrogen and oxygen atoms in total. The third-order valence-corrected chi connectivity index (χ3v) is 8.18.